The molecule has 1 saturated heterocycles. The Labute approximate surface area is 177 Å². The summed E-state index contributed by atoms with van der Waals surface area (Å²) in [5.74, 6) is -0.277. The van der Waals surface area contributed by atoms with E-state index in [2.05, 4.69) is 5.32 Å². The molecule has 1 aliphatic rings. The summed E-state index contributed by atoms with van der Waals surface area (Å²) in [6, 6.07) is 23.6. The molecule has 0 aromatic heterocycles. The Bertz CT molecular complexity index is 1120. The third-order valence-electron chi connectivity index (χ3n) is 5.33. The molecular weight excluding hydrogens is 396 g/mol. The number of para-hydroxylation sites is 1. The number of carbonyl (C=O) groups is 1. The Hall–Kier alpha value is -2.96. The van der Waals surface area contributed by atoms with Gasteiger partial charge in [0.1, 0.15) is 0 Å². The third-order valence-corrected chi connectivity index (χ3v) is 7.24. The Morgan fingerprint density at radius 2 is 1.40 bits per heavy atom. The van der Waals surface area contributed by atoms with Crippen LogP contribution in [0.2, 0.25) is 0 Å². The number of sulfonamides is 1. The Balaban J connectivity index is 1.53. The highest BCUT2D eigenvalue weighted by Crippen LogP contribution is 2.28. The fourth-order valence-electron chi connectivity index (χ4n) is 3.69. The highest BCUT2D eigenvalue weighted by atomic mass is 32.2. The zero-order valence-electron chi connectivity index (χ0n) is 16.6. The molecular formula is C24H24N2O3S. The van der Waals surface area contributed by atoms with E-state index >= 15 is 0 Å². The lowest BCUT2D eigenvalue weighted by Gasteiger charge is -2.25. The van der Waals surface area contributed by atoms with E-state index in [-0.39, 0.29) is 10.8 Å². The highest BCUT2D eigenvalue weighted by Gasteiger charge is 2.26. The minimum Gasteiger partial charge on any atom is -0.321 e. The van der Waals surface area contributed by atoms with Crippen molar-refractivity contribution in [1.82, 2.24) is 4.31 Å². The lowest BCUT2D eigenvalue weighted by atomic mass is 10.0. The number of amides is 1. The van der Waals surface area contributed by atoms with E-state index in [4.69, 9.17) is 0 Å². The third kappa shape index (κ3) is 4.30. The van der Waals surface area contributed by atoms with Gasteiger partial charge in [-0.1, -0.05) is 55.0 Å². The van der Waals surface area contributed by atoms with Crippen LogP contribution in [-0.2, 0) is 10.0 Å². The summed E-state index contributed by atoms with van der Waals surface area (Å²) in [4.78, 5) is 13.0. The molecule has 0 saturated carbocycles. The molecule has 0 spiro atoms. The summed E-state index contributed by atoms with van der Waals surface area (Å²) < 4.78 is 27.1. The second kappa shape index (κ2) is 8.81. The molecule has 1 heterocycles. The van der Waals surface area contributed by atoms with Crippen molar-refractivity contribution < 1.29 is 13.2 Å². The van der Waals surface area contributed by atoms with Crippen LogP contribution < -0.4 is 5.32 Å². The average molecular weight is 421 g/mol. The van der Waals surface area contributed by atoms with Crippen molar-refractivity contribution in [3.05, 3.63) is 84.4 Å². The average Bonchev–Trinajstić information content (AvgIpc) is 2.80. The fourth-order valence-corrected chi connectivity index (χ4v) is 5.21. The van der Waals surface area contributed by atoms with Gasteiger partial charge in [-0.05, 0) is 48.7 Å². The molecule has 1 aliphatic heterocycles. The maximum Gasteiger partial charge on any atom is 0.255 e. The van der Waals surface area contributed by atoms with Crippen molar-refractivity contribution in [3.63, 3.8) is 0 Å². The number of rotatable bonds is 5. The van der Waals surface area contributed by atoms with E-state index in [0.717, 1.165) is 30.4 Å². The van der Waals surface area contributed by atoms with Gasteiger partial charge < -0.3 is 5.32 Å². The molecule has 30 heavy (non-hydrogen) atoms. The number of hydrogen-bond acceptors (Lipinski definition) is 3. The maximum absolute atomic E-state index is 12.8. The molecule has 3 aromatic rings. The van der Waals surface area contributed by atoms with Gasteiger partial charge in [-0.15, -0.1) is 0 Å². The van der Waals surface area contributed by atoms with E-state index in [9.17, 15) is 13.2 Å². The summed E-state index contributed by atoms with van der Waals surface area (Å²) >= 11 is 0. The first-order chi connectivity index (χ1) is 14.6. The molecule has 0 aliphatic carbocycles. The molecule has 1 N–H and O–H groups in total. The highest BCUT2D eigenvalue weighted by molar-refractivity contribution is 7.89. The molecule has 1 fully saturated rings. The van der Waals surface area contributed by atoms with Crippen LogP contribution in [0.3, 0.4) is 0 Å². The van der Waals surface area contributed by atoms with Gasteiger partial charge in [0.15, 0.2) is 0 Å². The van der Waals surface area contributed by atoms with E-state index < -0.39 is 10.0 Å². The van der Waals surface area contributed by atoms with E-state index in [1.165, 1.54) is 16.4 Å². The number of anilines is 1. The number of nitrogens with one attached hydrogen (secondary N) is 1. The maximum atomic E-state index is 12.8. The van der Waals surface area contributed by atoms with Crippen LogP contribution in [0.25, 0.3) is 11.1 Å². The van der Waals surface area contributed by atoms with Crippen molar-refractivity contribution in [1.29, 1.82) is 0 Å². The van der Waals surface area contributed by atoms with Crippen molar-refractivity contribution in [2.75, 3.05) is 18.4 Å². The van der Waals surface area contributed by atoms with Crippen LogP contribution in [0.15, 0.2) is 83.8 Å². The van der Waals surface area contributed by atoms with Crippen LogP contribution in [0.4, 0.5) is 5.69 Å². The molecule has 3 aromatic carbocycles. The molecule has 0 radical (unpaired) electrons. The van der Waals surface area contributed by atoms with Gasteiger partial charge in [0.25, 0.3) is 5.91 Å². The lowest BCUT2D eigenvalue weighted by molar-refractivity contribution is 0.102. The van der Waals surface area contributed by atoms with Gasteiger partial charge in [-0.3, -0.25) is 4.79 Å². The molecule has 5 nitrogen and oxygen atoms in total. The first-order valence-corrected chi connectivity index (χ1v) is 11.6. The number of nitrogens with zero attached hydrogens (tertiary/aromatic N) is 1. The van der Waals surface area contributed by atoms with Crippen LogP contribution in [0.1, 0.15) is 29.6 Å². The van der Waals surface area contributed by atoms with Crippen molar-refractivity contribution in [2.45, 2.75) is 24.2 Å². The second-order valence-corrected chi connectivity index (χ2v) is 9.29. The van der Waals surface area contributed by atoms with Crippen molar-refractivity contribution >= 4 is 21.6 Å². The molecule has 154 valence electrons. The van der Waals surface area contributed by atoms with Crippen molar-refractivity contribution in [2.24, 2.45) is 0 Å². The van der Waals surface area contributed by atoms with Gasteiger partial charge in [0.2, 0.25) is 10.0 Å². The summed E-state index contributed by atoms with van der Waals surface area (Å²) in [6.07, 6.45) is 2.84. The first-order valence-electron chi connectivity index (χ1n) is 10.1. The molecule has 0 unspecified atom stereocenters. The predicted octanol–water partition coefficient (Wildman–Crippen LogP) is 4.78. The number of hydrogen-bond donors (Lipinski definition) is 1. The standard InChI is InChI=1S/C24H24N2O3S/c27-24(25-23-12-6-5-11-22(23)19-9-3-1-4-10-19)20-13-15-21(16-14-20)30(28,29)26-17-7-2-8-18-26/h1,3-6,9-16H,2,7-8,17-18H2,(H,25,27). The van der Waals surface area contributed by atoms with Gasteiger partial charge in [0.05, 0.1) is 4.90 Å². The van der Waals surface area contributed by atoms with Crippen LogP contribution in [-0.4, -0.2) is 31.7 Å². The summed E-state index contributed by atoms with van der Waals surface area (Å²) in [7, 11) is -3.50. The molecule has 0 bridgehead atoms. The minimum atomic E-state index is -3.50. The van der Waals surface area contributed by atoms with Crippen LogP contribution in [0, 0.1) is 0 Å². The Kier molecular flexibility index (Phi) is 5.97. The summed E-state index contributed by atoms with van der Waals surface area (Å²) in [5, 5.41) is 2.95. The number of piperidine rings is 1. The minimum absolute atomic E-state index is 0.227. The molecule has 0 atom stereocenters. The zero-order chi connectivity index (χ0) is 21.0. The van der Waals surface area contributed by atoms with E-state index in [0.29, 0.717) is 24.3 Å². The quantitative estimate of drug-likeness (QED) is 0.646. The predicted molar refractivity (Wildman–Crippen MR) is 119 cm³/mol. The fraction of sp³-hybridized carbons (Fsp3) is 0.208. The van der Waals surface area contributed by atoms with E-state index in [1.54, 1.807) is 12.1 Å². The largest absolute Gasteiger partial charge is 0.321 e. The summed E-state index contributed by atoms with van der Waals surface area (Å²) in [6.45, 7) is 1.11. The Morgan fingerprint density at radius 1 is 0.767 bits per heavy atom. The molecule has 4 rings (SSSR count). The topological polar surface area (TPSA) is 66.5 Å². The van der Waals surface area contributed by atoms with Crippen LogP contribution in [0.5, 0.6) is 0 Å². The number of carbonyl (C=O) groups excluding carboxylic acids is 1. The SMILES string of the molecule is O=C(Nc1ccccc1-c1ccccc1)c1ccc(S(=O)(=O)N2CCCCC2)cc1. The molecule has 6 heteroatoms. The van der Waals surface area contributed by atoms with Gasteiger partial charge in [-0.25, -0.2) is 8.42 Å². The first kappa shape index (κ1) is 20.3. The molecule has 1 amide bonds. The Morgan fingerprint density at radius 3 is 2.10 bits per heavy atom. The zero-order valence-corrected chi connectivity index (χ0v) is 17.4. The van der Waals surface area contributed by atoms with Gasteiger partial charge in [0, 0.05) is 29.9 Å². The second-order valence-electron chi connectivity index (χ2n) is 7.35. The lowest BCUT2D eigenvalue weighted by Crippen LogP contribution is -2.35. The normalized spacial score (nSPS) is 14.9. The smallest absolute Gasteiger partial charge is 0.255 e. The van der Waals surface area contributed by atoms with E-state index in [1.807, 2.05) is 54.6 Å². The summed E-state index contributed by atoms with van der Waals surface area (Å²) in [5.41, 5.74) is 3.06. The monoisotopic (exact) mass is 420 g/mol. The van der Waals surface area contributed by atoms with Gasteiger partial charge >= 0.3 is 0 Å². The van der Waals surface area contributed by atoms with Crippen molar-refractivity contribution in [3.8, 4) is 11.1 Å². The van der Waals surface area contributed by atoms with Gasteiger partial charge in [-0.2, -0.15) is 4.31 Å². The number of benzene rings is 3. The van der Waals surface area contributed by atoms with Crippen LogP contribution >= 0.6 is 0 Å².